The highest BCUT2D eigenvalue weighted by molar-refractivity contribution is 5.34. The molecule has 2 aliphatic rings. The summed E-state index contributed by atoms with van der Waals surface area (Å²) in [5, 5.41) is 0. The van der Waals surface area contributed by atoms with Crippen LogP contribution in [0.3, 0.4) is 0 Å². The van der Waals surface area contributed by atoms with Gasteiger partial charge in [0.1, 0.15) is 32.2 Å². The van der Waals surface area contributed by atoms with Crippen molar-refractivity contribution in [3.63, 3.8) is 0 Å². The number of fused-ring (bicyclic) bond motifs is 1. The normalized spacial score (nSPS) is 28.0. The molecular weight excluding hydrogens is 262 g/mol. The molecule has 0 amide bonds. The van der Waals surface area contributed by atoms with Crippen LogP contribution in [-0.4, -0.2) is 32.2 Å². The summed E-state index contributed by atoms with van der Waals surface area (Å²) in [6.07, 6.45) is 0. The fourth-order valence-corrected chi connectivity index (χ4v) is 3.66. The minimum Gasteiger partial charge on any atom is -0.297 e. The molecule has 2 saturated heterocycles. The fraction of sp³-hybridized carbons (Fsp3) is 0.333. The van der Waals surface area contributed by atoms with Crippen molar-refractivity contribution in [1.82, 2.24) is 0 Å². The van der Waals surface area contributed by atoms with Gasteiger partial charge in [0.05, 0.1) is 0 Å². The van der Waals surface area contributed by atoms with E-state index < -0.39 is 5.91 Å². The second-order valence-electron chi connectivity index (χ2n) is 5.72. The number of quaternary nitrogens is 1. The van der Waals surface area contributed by atoms with E-state index in [-0.39, 0.29) is 5.92 Å². The van der Waals surface area contributed by atoms with Crippen LogP contribution in [0.15, 0.2) is 60.7 Å². The molecule has 21 heavy (non-hydrogen) atoms. The summed E-state index contributed by atoms with van der Waals surface area (Å²) in [7, 11) is 0. The summed E-state index contributed by atoms with van der Waals surface area (Å²) < 4.78 is 12.4. The zero-order valence-electron chi connectivity index (χ0n) is 12.0. The van der Waals surface area contributed by atoms with E-state index in [1.54, 1.807) is 0 Å². The summed E-state index contributed by atoms with van der Waals surface area (Å²) in [5.41, 5.74) is 2.51. The molecule has 2 aliphatic heterocycles. The standard InChI is InChI=1S/C18H19NO2/c1-3-7-15(8-4-1)17(16-9-5-2-6-10-16)18-19(11-13-20-18)12-14-21-18/h1-10,17H,11-14H2/p+1. The van der Waals surface area contributed by atoms with Gasteiger partial charge in [0.25, 0.3) is 0 Å². The molecule has 4 rings (SSSR count). The van der Waals surface area contributed by atoms with Crippen molar-refractivity contribution in [2.75, 3.05) is 26.3 Å². The first-order valence-corrected chi connectivity index (χ1v) is 7.63. The van der Waals surface area contributed by atoms with E-state index in [2.05, 4.69) is 60.7 Å². The van der Waals surface area contributed by atoms with Gasteiger partial charge in [-0.2, -0.15) is 0 Å². The lowest BCUT2D eigenvalue weighted by Crippen LogP contribution is -3.17. The summed E-state index contributed by atoms with van der Waals surface area (Å²) in [6.45, 7) is 3.59. The van der Waals surface area contributed by atoms with Crippen molar-refractivity contribution >= 4 is 0 Å². The Kier molecular flexibility index (Phi) is 3.26. The lowest BCUT2D eigenvalue weighted by molar-refractivity contribution is -0.960. The van der Waals surface area contributed by atoms with Gasteiger partial charge in [0, 0.05) is 0 Å². The Hall–Kier alpha value is -1.68. The Balaban J connectivity index is 1.84. The highest BCUT2D eigenvalue weighted by Crippen LogP contribution is 2.37. The van der Waals surface area contributed by atoms with Crippen LogP contribution in [0.25, 0.3) is 0 Å². The van der Waals surface area contributed by atoms with Gasteiger partial charge in [-0.25, -0.2) is 0 Å². The molecule has 3 heteroatoms. The van der Waals surface area contributed by atoms with Crippen LogP contribution in [0.4, 0.5) is 0 Å². The topological polar surface area (TPSA) is 22.9 Å². The molecule has 0 saturated carbocycles. The number of hydrogen-bond donors (Lipinski definition) is 1. The SMILES string of the molecule is c1ccc(C(c2ccccc2)C23OCC[NH+]2CCO3)cc1. The molecule has 2 aromatic rings. The van der Waals surface area contributed by atoms with Gasteiger partial charge in [0.2, 0.25) is 0 Å². The number of hydrogen-bond acceptors (Lipinski definition) is 2. The maximum atomic E-state index is 6.18. The summed E-state index contributed by atoms with van der Waals surface area (Å²) >= 11 is 0. The molecule has 2 heterocycles. The first kappa shape index (κ1) is 13.0. The first-order chi connectivity index (χ1) is 10.4. The molecule has 0 radical (unpaired) electrons. The smallest absolute Gasteiger partial charge is 0.297 e. The van der Waals surface area contributed by atoms with E-state index >= 15 is 0 Å². The van der Waals surface area contributed by atoms with E-state index in [0.717, 1.165) is 26.3 Å². The van der Waals surface area contributed by atoms with E-state index in [1.807, 2.05) is 0 Å². The molecule has 2 aromatic carbocycles. The average molecular weight is 282 g/mol. The van der Waals surface area contributed by atoms with Crippen LogP contribution in [0.5, 0.6) is 0 Å². The summed E-state index contributed by atoms with van der Waals surface area (Å²) in [6, 6.07) is 21.2. The fourth-order valence-electron chi connectivity index (χ4n) is 3.66. The number of rotatable bonds is 3. The Bertz CT molecular complexity index is 550. The predicted molar refractivity (Wildman–Crippen MR) is 80.1 cm³/mol. The molecule has 0 atom stereocenters. The highest BCUT2D eigenvalue weighted by atomic mass is 16.7. The van der Waals surface area contributed by atoms with Gasteiger partial charge in [0.15, 0.2) is 0 Å². The molecule has 0 unspecified atom stereocenters. The molecule has 2 fully saturated rings. The van der Waals surface area contributed by atoms with E-state index in [9.17, 15) is 0 Å². The second kappa shape index (κ2) is 5.26. The average Bonchev–Trinajstić information content (AvgIpc) is 3.10. The Morgan fingerprint density at radius 1 is 0.762 bits per heavy atom. The van der Waals surface area contributed by atoms with E-state index in [4.69, 9.17) is 9.47 Å². The van der Waals surface area contributed by atoms with Gasteiger partial charge < -0.3 is 0 Å². The minimum absolute atomic E-state index is 0.111. The molecule has 0 aliphatic carbocycles. The third-order valence-electron chi connectivity index (χ3n) is 4.58. The number of ether oxygens (including phenoxy) is 2. The van der Waals surface area contributed by atoms with Crippen LogP contribution >= 0.6 is 0 Å². The summed E-state index contributed by atoms with van der Waals surface area (Å²) in [5.74, 6) is -0.442. The van der Waals surface area contributed by atoms with Gasteiger partial charge in [-0.3, -0.25) is 14.4 Å². The molecular formula is C18H20NO2+. The zero-order chi connectivity index (χ0) is 14.1. The molecule has 108 valence electrons. The van der Waals surface area contributed by atoms with Gasteiger partial charge >= 0.3 is 5.91 Å². The van der Waals surface area contributed by atoms with Crippen LogP contribution < -0.4 is 4.90 Å². The van der Waals surface area contributed by atoms with Crippen molar-refractivity contribution in [2.24, 2.45) is 0 Å². The van der Waals surface area contributed by atoms with Crippen molar-refractivity contribution in [2.45, 2.75) is 11.8 Å². The van der Waals surface area contributed by atoms with Crippen LogP contribution in [0.1, 0.15) is 17.0 Å². The van der Waals surface area contributed by atoms with E-state index in [0.29, 0.717) is 0 Å². The lowest BCUT2D eigenvalue weighted by Gasteiger charge is -2.33. The zero-order valence-corrected chi connectivity index (χ0v) is 12.0. The lowest BCUT2D eigenvalue weighted by atomic mass is 9.87. The van der Waals surface area contributed by atoms with Crippen LogP contribution in [0.2, 0.25) is 0 Å². The Morgan fingerprint density at radius 2 is 1.24 bits per heavy atom. The molecule has 1 N–H and O–H groups in total. The minimum atomic E-state index is -0.553. The maximum Gasteiger partial charge on any atom is 0.329 e. The highest BCUT2D eigenvalue weighted by Gasteiger charge is 2.58. The van der Waals surface area contributed by atoms with Crippen molar-refractivity contribution in [1.29, 1.82) is 0 Å². The number of nitrogens with one attached hydrogen (secondary N) is 1. The molecule has 0 bridgehead atoms. The van der Waals surface area contributed by atoms with Gasteiger partial charge in [-0.1, -0.05) is 60.7 Å². The largest absolute Gasteiger partial charge is 0.329 e. The first-order valence-electron chi connectivity index (χ1n) is 7.63. The van der Waals surface area contributed by atoms with Crippen molar-refractivity contribution in [3.05, 3.63) is 71.8 Å². The molecule has 0 spiro atoms. The van der Waals surface area contributed by atoms with Crippen LogP contribution in [0, 0.1) is 0 Å². The van der Waals surface area contributed by atoms with Gasteiger partial charge in [-0.15, -0.1) is 0 Å². The van der Waals surface area contributed by atoms with E-state index in [1.165, 1.54) is 16.0 Å². The molecule has 3 nitrogen and oxygen atoms in total. The Morgan fingerprint density at radius 3 is 1.71 bits per heavy atom. The van der Waals surface area contributed by atoms with Crippen LogP contribution in [-0.2, 0) is 9.47 Å². The summed E-state index contributed by atoms with van der Waals surface area (Å²) in [4.78, 5) is 1.42. The van der Waals surface area contributed by atoms with Crippen molar-refractivity contribution in [3.8, 4) is 0 Å². The monoisotopic (exact) mass is 282 g/mol. The third-order valence-corrected chi connectivity index (χ3v) is 4.58. The maximum absolute atomic E-state index is 6.18. The second-order valence-corrected chi connectivity index (χ2v) is 5.72. The van der Waals surface area contributed by atoms with Crippen molar-refractivity contribution < 1.29 is 14.4 Å². The third kappa shape index (κ3) is 2.09. The molecule has 0 aromatic heterocycles. The number of benzene rings is 2. The predicted octanol–water partition coefficient (Wildman–Crippen LogP) is 1.42. The van der Waals surface area contributed by atoms with Gasteiger partial charge in [-0.05, 0) is 11.1 Å². The Labute approximate surface area is 125 Å². The quantitative estimate of drug-likeness (QED) is 0.920.